The molecule has 0 saturated carbocycles. The minimum atomic E-state index is -1.21. The van der Waals surface area contributed by atoms with E-state index in [1.807, 2.05) is 0 Å². The summed E-state index contributed by atoms with van der Waals surface area (Å²) in [7, 11) is -1.21. The van der Waals surface area contributed by atoms with Crippen molar-refractivity contribution in [2.45, 2.75) is 19.6 Å². The Bertz CT molecular complexity index is 75.1. The van der Waals surface area contributed by atoms with Gasteiger partial charge in [-0.15, -0.1) is 0 Å². The van der Waals surface area contributed by atoms with Gasteiger partial charge in [0.05, 0.1) is 8.07 Å². The standard InChI is InChI=1S/C5H9Si.Na/c1-5-6(2,3)4;/h2-4H3;/q-1;+1. The molecule has 0 aliphatic heterocycles. The fourth-order valence-corrected chi connectivity index (χ4v) is 0. The van der Waals surface area contributed by atoms with Crippen molar-refractivity contribution in [2.75, 3.05) is 0 Å². The topological polar surface area (TPSA) is 0 Å². The zero-order chi connectivity index (χ0) is 5.21. The van der Waals surface area contributed by atoms with Gasteiger partial charge < -0.3 is 12.0 Å². The largest absolute Gasteiger partial charge is 1.00 e. The summed E-state index contributed by atoms with van der Waals surface area (Å²) < 4.78 is 0. The molecule has 0 saturated heterocycles. The molecule has 0 aromatic carbocycles. The molecule has 7 heavy (non-hydrogen) atoms. The fraction of sp³-hybridized carbons (Fsp3) is 0.600. The molecule has 0 rings (SSSR count). The van der Waals surface area contributed by atoms with Crippen molar-refractivity contribution in [1.82, 2.24) is 0 Å². The molecule has 0 unspecified atom stereocenters. The minimum absolute atomic E-state index is 0. The molecule has 0 bridgehead atoms. The van der Waals surface area contributed by atoms with E-state index in [1.165, 1.54) is 0 Å². The van der Waals surface area contributed by atoms with Crippen molar-refractivity contribution in [3.8, 4) is 5.54 Å². The maximum atomic E-state index is 6.67. The van der Waals surface area contributed by atoms with Crippen molar-refractivity contribution < 1.29 is 29.6 Å². The minimum Gasteiger partial charge on any atom is -0.701 e. The van der Waals surface area contributed by atoms with Crippen LogP contribution in [0.3, 0.4) is 0 Å². The van der Waals surface area contributed by atoms with Crippen LogP contribution in [-0.2, 0) is 0 Å². The van der Waals surface area contributed by atoms with Crippen LogP contribution in [0.25, 0.3) is 0 Å². The summed E-state index contributed by atoms with van der Waals surface area (Å²) in [6, 6.07) is 0. The zero-order valence-electron chi connectivity index (χ0n) is 5.50. The molecule has 0 N–H and O–H groups in total. The monoisotopic (exact) mass is 120 g/mol. The van der Waals surface area contributed by atoms with Crippen LogP contribution in [0.4, 0.5) is 0 Å². The Hall–Kier alpha value is 0.777. The first-order valence-corrected chi connectivity index (χ1v) is 5.50. The Kier molecular flexibility index (Phi) is 5.72. The van der Waals surface area contributed by atoms with Crippen LogP contribution in [0.5, 0.6) is 0 Å². The van der Waals surface area contributed by atoms with Gasteiger partial charge in [0.2, 0.25) is 0 Å². The van der Waals surface area contributed by atoms with E-state index < -0.39 is 8.07 Å². The molecule has 0 aliphatic rings. The summed E-state index contributed by atoms with van der Waals surface area (Å²) in [4.78, 5) is 0. The van der Waals surface area contributed by atoms with Crippen LogP contribution in [0.15, 0.2) is 0 Å². The van der Waals surface area contributed by atoms with Crippen molar-refractivity contribution in [1.29, 1.82) is 0 Å². The molecule has 0 spiro atoms. The summed E-state index contributed by atoms with van der Waals surface area (Å²) in [5.41, 5.74) is 2.49. The number of hydrogen-bond acceptors (Lipinski definition) is 0. The predicted octanol–water partition coefficient (Wildman–Crippen LogP) is -1.54. The van der Waals surface area contributed by atoms with Crippen LogP contribution in [-0.4, -0.2) is 8.07 Å². The first kappa shape index (κ1) is 10.7. The Morgan fingerprint density at radius 1 is 1.29 bits per heavy atom. The van der Waals surface area contributed by atoms with Gasteiger partial charge in [0.25, 0.3) is 0 Å². The van der Waals surface area contributed by atoms with E-state index in [-0.39, 0.29) is 29.6 Å². The summed E-state index contributed by atoms with van der Waals surface area (Å²) in [5.74, 6) is 0. The second kappa shape index (κ2) is 3.74. The number of hydrogen-bond donors (Lipinski definition) is 0. The van der Waals surface area contributed by atoms with Gasteiger partial charge in [-0.05, 0) is 0 Å². The normalized spacial score (nSPS) is 8.86. The van der Waals surface area contributed by atoms with Gasteiger partial charge in [0, 0.05) is 0 Å². The van der Waals surface area contributed by atoms with Crippen molar-refractivity contribution >= 4 is 8.07 Å². The molecule has 0 fully saturated rings. The molecule has 0 radical (unpaired) electrons. The van der Waals surface area contributed by atoms with Gasteiger partial charge in [-0.2, -0.15) is 0 Å². The van der Waals surface area contributed by atoms with Gasteiger partial charge in [-0.1, -0.05) is 19.6 Å². The van der Waals surface area contributed by atoms with E-state index in [2.05, 4.69) is 25.2 Å². The van der Waals surface area contributed by atoms with Crippen molar-refractivity contribution in [3.05, 3.63) is 6.42 Å². The van der Waals surface area contributed by atoms with E-state index in [1.54, 1.807) is 0 Å². The Balaban J connectivity index is 0. The van der Waals surface area contributed by atoms with Crippen LogP contribution < -0.4 is 29.6 Å². The predicted molar refractivity (Wildman–Crippen MR) is 30.5 cm³/mol. The van der Waals surface area contributed by atoms with E-state index in [0.29, 0.717) is 0 Å². The summed E-state index contributed by atoms with van der Waals surface area (Å²) >= 11 is 0. The maximum Gasteiger partial charge on any atom is 1.00 e. The second-order valence-corrected chi connectivity index (χ2v) is 7.12. The molecular formula is C5H9NaSi. The van der Waals surface area contributed by atoms with Gasteiger partial charge in [0.15, 0.2) is 0 Å². The molecule has 0 amide bonds. The average Bonchev–Trinajstić information content (AvgIpc) is 1.35. The van der Waals surface area contributed by atoms with Crippen LogP contribution in [0.1, 0.15) is 0 Å². The molecule has 0 aromatic rings. The SMILES string of the molecule is [C-]#C[Si](C)(C)C.[Na+]. The first-order chi connectivity index (χ1) is 2.56. The Morgan fingerprint density at radius 2 is 1.43 bits per heavy atom. The zero-order valence-corrected chi connectivity index (χ0v) is 8.50. The third-order valence-corrected chi connectivity index (χ3v) is 1.12. The van der Waals surface area contributed by atoms with Gasteiger partial charge in [-0.3, -0.25) is 0 Å². The smallest absolute Gasteiger partial charge is 0.701 e. The first-order valence-electron chi connectivity index (χ1n) is 2.00. The summed E-state index contributed by atoms with van der Waals surface area (Å²) in [6.45, 7) is 6.25. The molecule has 34 valence electrons. The Labute approximate surface area is 69.0 Å². The molecule has 0 nitrogen and oxygen atoms in total. The molecule has 0 heterocycles. The third-order valence-electron chi connectivity index (χ3n) is 0.375. The van der Waals surface area contributed by atoms with Crippen LogP contribution in [0, 0.1) is 12.0 Å². The maximum absolute atomic E-state index is 6.67. The van der Waals surface area contributed by atoms with E-state index in [4.69, 9.17) is 6.42 Å². The van der Waals surface area contributed by atoms with E-state index in [9.17, 15) is 0 Å². The molecule has 0 aliphatic carbocycles. The van der Waals surface area contributed by atoms with E-state index >= 15 is 0 Å². The number of rotatable bonds is 0. The van der Waals surface area contributed by atoms with Crippen molar-refractivity contribution in [3.63, 3.8) is 0 Å². The van der Waals surface area contributed by atoms with Gasteiger partial charge in [-0.25, -0.2) is 0 Å². The molecule has 2 heteroatoms. The Morgan fingerprint density at radius 3 is 1.43 bits per heavy atom. The van der Waals surface area contributed by atoms with Crippen LogP contribution in [0.2, 0.25) is 19.6 Å². The van der Waals surface area contributed by atoms with E-state index in [0.717, 1.165) is 0 Å². The molecule has 0 atom stereocenters. The summed E-state index contributed by atoms with van der Waals surface area (Å²) in [6.07, 6.45) is 6.67. The molecule has 0 aromatic heterocycles. The van der Waals surface area contributed by atoms with Gasteiger partial charge in [0.1, 0.15) is 0 Å². The van der Waals surface area contributed by atoms with Crippen molar-refractivity contribution in [2.24, 2.45) is 0 Å². The average molecular weight is 120 g/mol. The van der Waals surface area contributed by atoms with Crippen LogP contribution >= 0.6 is 0 Å². The molecular weight excluding hydrogens is 111 g/mol. The quantitative estimate of drug-likeness (QED) is 0.206. The summed E-state index contributed by atoms with van der Waals surface area (Å²) in [5, 5.41) is 0. The third kappa shape index (κ3) is 10.8. The van der Waals surface area contributed by atoms with Gasteiger partial charge >= 0.3 is 29.6 Å². The second-order valence-electron chi connectivity index (χ2n) is 2.38. The fourth-order valence-electron chi connectivity index (χ4n) is 0.